The van der Waals surface area contributed by atoms with Crippen molar-refractivity contribution < 1.29 is 14.3 Å². The Morgan fingerprint density at radius 2 is 2.19 bits per heavy atom. The second-order valence-electron chi connectivity index (χ2n) is 2.98. The highest BCUT2D eigenvalue weighted by Crippen LogP contribution is 2.25. The van der Waals surface area contributed by atoms with Crippen LogP contribution in [0.25, 0.3) is 0 Å². The van der Waals surface area contributed by atoms with Crippen LogP contribution in [0.15, 0.2) is 12.1 Å². The van der Waals surface area contributed by atoms with Crippen LogP contribution in [0, 0.1) is 11.3 Å². The van der Waals surface area contributed by atoms with Crippen molar-refractivity contribution in [1.29, 1.82) is 5.26 Å². The Morgan fingerprint density at radius 3 is 2.62 bits per heavy atom. The highest BCUT2D eigenvalue weighted by Gasteiger charge is 2.17. The summed E-state index contributed by atoms with van der Waals surface area (Å²) in [6, 6.07) is 5.05. The van der Waals surface area contributed by atoms with Gasteiger partial charge < -0.3 is 15.2 Å². The third kappa shape index (κ3) is 1.97. The zero-order chi connectivity index (χ0) is 12.1. The number of hydrogen-bond acceptors (Lipinski definition) is 5. The Kier molecular flexibility index (Phi) is 3.86. The number of hydrogen-bond donors (Lipinski definition) is 1. The maximum Gasteiger partial charge on any atom is 0.338 e. The van der Waals surface area contributed by atoms with Crippen LogP contribution < -0.4 is 10.5 Å². The summed E-state index contributed by atoms with van der Waals surface area (Å²) in [6.07, 6.45) is 0. The highest BCUT2D eigenvalue weighted by atomic mass is 16.5. The summed E-state index contributed by atoms with van der Waals surface area (Å²) in [6.45, 7) is 0.0739. The quantitative estimate of drug-likeness (QED) is 0.762. The van der Waals surface area contributed by atoms with Crippen molar-refractivity contribution in [2.24, 2.45) is 5.73 Å². The second-order valence-corrected chi connectivity index (χ2v) is 2.98. The van der Waals surface area contributed by atoms with Gasteiger partial charge in [-0.25, -0.2) is 4.79 Å². The van der Waals surface area contributed by atoms with Crippen molar-refractivity contribution in [2.75, 3.05) is 14.2 Å². The molecule has 0 aromatic heterocycles. The largest absolute Gasteiger partial charge is 0.495 e. The number of benzene rings is 1. The highest BCUT2D eigenvalue weighted by molar-refractivity contribution is 5.92. The van der Waals surface area contributed by atoms with Gasteiger partial charge in [-0.15, -0.1) is 0 Å². The fraction of sp³-hybridized carbons (Fsp3) is 0.273. The second kappa shape index (κ2) is 5.14. The van der Waals surface area contributed by atoms with Gasteiger partial charge in [0.15, 0.2) is 0 Å². The standard InChI is InChI=1S/C11H12N2O3/c1-15-10-4-3-7(11(14)16-2)8(5-12)9(10)6-13/h3-4H,5,12H2,1-2H3. The number of nitrogens with zero attached hydrogens (tertiary/aromatic N) is 1. The van der Waals surface area contributed by atoms with Crippen LogP contribution in [0.5, 0.6) is 5.75 Å². The lowest BCUT2D eigenvalue weighted by molar-refractivity contribution is 0.0599. The summed E-state index contributed by atoms with van der Waals surface area (Å²) in [5.74, 6) is -0.116. The molecular formula is C11H12N2O3. The third-order valence-electron chi connectivity index (χ3n) is 2.22. The predicted molar refractivity (Wildman–Crippen MR) is 56.9 cm³/mol. The molecule has 0 spiro atoms. The van der Waals surface area contributed by atoms with Gasteiger partial charge in [-0.2, -0.15) is 5.26 Å². The first kappa shape index (κ1) is 12.0. The summed E-state index contributed by atoms with van der Waals surface area (Å²) in [5, 5.41) is 9.00. The van der Waals surface area contributed by atoms with Gasteiger partial charge >= 0.3 is 5.97 Å². The molecule has 5 heteroatoms. The van der Waals surface area contributed by atoms with Crippen LogP contribution in [0.1, 0.15) is 21.5 Å². The van der Waals surface area contributed by atoms with Crippen molar-refractivity contribution in [3.05, 3.63) is 28.8 Å². The molecule has 0 aliphatic carbocycles. The van der Waals surface area contributed by atoms with E-state index < -0.39 is 5.97 Å². The van der Waals surface area contributed by atoms with Crippen molar-refractivity contribution in [2.45, 2.75) is 6.54 Å². The number of carbonyl (C=O) groups excluding carboxylic acids is 1. The molecule has 1 rings (SSSR count). The Labute approximate surface area is 93.4 Å². The minimum absolute atomic E-state index is 0.0739. The first-order valence-electron chi connectivity index (χ1n) is 4.57. The SMILES string of the molecule is COC(=O)c1ccc(OC)c(C#N)c1CN. The molecule has 16 heavy (non-hydrogen) atoms. The molecule has 0 unspecified atom stereocenters. The Bertz CT molecular complexity index is 449. The fourth-order valence-corrected chi connectivity index (χ4v) is 1.43. The minimum Gasteiger partial charge on any atom is -0.495 e. The lowest BCUT2D eigenvalue weighted by Crippen LogP contribution is -2.11. The van der Waals surface area contributed by atoms with E-state index in [9.17, 15) is 4.79 Å². The van der Waals surface area contributed by atoms with Crippen LogP contribution in [0.4, 0.5) is 0 Å². The van der Waals surface area contributed by atoms with Gasteiger partial charge in [0, 0.05) is 12.1 Å². The van der Waals surface area contributed by atoms with Crippen LogP contribution in [0.2, 0.25) is 0 Å². The lowest BCUT2D eigenvalue weighted by Gasteiger charge is -2.10. The minimum atomic E-state index is -0.514. The van der Waals surface area contributed by atoms with Crippen LogP contribution in [-0.4, -0.2) is 20.2 Å². The van der Waals surface area contributed by atoms with Crippen molar-refractivity contribution in [3.8, 4) is 11.8 Å². The summed E-state index contributed by atoms with van der Waals surface area (Å²) in [7, 11) is 2.73. The number of carbonyl (C=O) groups is 1. The molecule has 0 saturated heterocycles. The average Bonchev–Trinajstić information content (AvgIpc) is 2.35. The molecule has 0 amide bonds. The van der Waals surface area contributed by atoms with E-state index in [2.05, 4.69) is 4.74 Å². The van der Waals surface area contributed by atoms with Crippen molar-refractivity contribution in [3.63, 3.8) is 0 Å². The lowest BCUT2D eigenvalue weighted by atomic mass is 10.0. The van der Waals surface area contributed by atoms with E-state index in [0.29, 0.717) is 16.9 Å². The molecule has 0 fully saturated rings. The molecule has 0 saturated carbocycles. The average molecular weight is 220 g/mol. The number of nitriles is 1. The van der Waals surface area contributed by atoms with E-state index in [1.807, 2.05) is 6.07 Å². The first-order valence-corrected chi connectivity index (χ1v) is 4.57. The van der Waals surface area contributed by atoms with Gasteiger partial charge in [0.25, 0.3) is 0 Å². The van der Waals surface area contributed by atoms with Gasteiger partial charge in [0.05, 0.1) is 25.3 Å². The maximum absolute atomic E-state index is 11.4. The molecule has 84 valence electrons. The van der Waals surface area contributed by atoms with E-state index in [0.717, 1.165) is 0 Å². The molecule has 0 aliphatic rings. The van der Waals surface area contributed by atoms with Gasteiger partial charge in [0.2, 0.25) is 0 Å². The van der Waals surface area contributed by atoms with Gasteiger partial charge in [-0.3, -0.25) is 0 Å². The molecule has 0 aliphatic heterocycles. The van der Waals surface area contributed by atoms with E-state index in [1.54, 1.807) is 6.07 Å². The zero-order valence-corrected chi connectivity index (χ0v) is 9.11. The van der Waals surface area contributed by atoms with Crippen molar-refractivity contribution in [1.82, 2.24) is 0 Å². The maximum atomic E-state index is 11.4. The third-order valence-corrected chi connectivity index (χ3v) is 2.22. The molecule has 5 nitrogen and oxygen atoms in total. The first-order chi connectivity index (χ1) is 7.69. The van der Waals surface area contributed by atoms with E-state index in [-0.39, 0.29) is 12.1 Å². The van der Waals surface area contributed by atoms with E-state index >= 15 is 0 Å². The Morgan fingerprint density at radius 1 is 1.50 bits per heavy atom. The number of methoxy groups -OCH3 is 2. The van der Waals surface area contributed by atoms with Gasteiger partial charge in [0.1, 0.15) is 11.8 Å². The molecule has 0 heterocycles. The van der Waals surface area contributed by atoms with Crippen LogP contribution in [-0.2, 0) is 11.3 Å². The van der Waals surface area contributed by atoms with Crippen molar-refractivity contribution >= 4 is 5.97 Å². The number of rotatable bonds is 3. The predicted octanol–water partition coefficient (Wildman–Crippen LogP) is 0.812. The number of ether oxygens (including phenoxy) is 2. The number of nitrogens with two attached hydrogens (primary N) is 1. The molecule has 0 radical (unpaired) electrons. The summed E-state index contributed by atoms with van der Waals surface area (Å²) in [4.78, 5) is 11.4. The zero-order valence-electron chi connectivity index (χ0n) is 9.11. The number of esters is 1. The summed E-state index contributed by atoms with van der Waals surface area (Å²) >= 11 is 0. The van der Waals surface area contributed by atoms with Crippen LogP contribution in [0.3, 0.4) is 0 Å². The van der Waals surface area contributed by atoms with Gasteiger partial charge in [-0.1, -0.05) is 0 Å². The van der Waals surface area contributed by atoms with E-state index in [4.69, 9.17) is 15.7 Å². The Balaban J connectivity index is 3.44. The van der Waals surface area contributed by atoms with Crippen LogP contribution >= 0.6 is 0 Å². The molecule has 1 aromatic carbocycles. The molecule has 0 atom stereocenters. The van der Waals surface area contributed by atoms with E-state index in [1.165, 1.54) is 20.3 Å². The normalized spacial score (nSPS) is 9.38. The fourth-order valence-electron chi connectivity index (χ4n) is 1.43. The topological polar surface area (TPSA) is 85.3 Å². The Hall–Kier alpha value is -2.06. The smallest absolute Gasteiger partial charge is 0.338 e. The molecular weight excluding hydrogens is 208 g/mol. The summed E-state index contributed by atoms with van der Waals surface area (Å²) in [5.41, 5.74) is 6.53. The molecule has 2 N–H and O–H groups in total. The molecule has 1 aromatic rings. The molecule has 0 bridgehead atoms. The van der Waals surface area contributed by atoms with Gasteiger partial charge in [-0.05, 0) is 12.1 Å². The summed E-state index contributed by atoms with van der Waals surface area (Å²) < 4.78 is 9.62. The monoisotopic (exact) mass is 220 g/mol.